The molecule has 0 N–H and O–H groups in total. The molecule has 2 aromatic rings. The van der Waals surface area contributed by atoms with Crippen LogP contribution >= 0.6 is 0 Å². The molecule has 0 fully saturated rings. The summed E-state index contributed by atoms with van der Waals surface area (Å²) in [4.78, 5) is 12.2. The average Bonchev–Trinajstić information content (AvgIpc) is 2.88. The maximum absolute atomic E-state index is 12.2. The van der Waals surface area contributed by atoms with Crippen molar-refractivity contribution >= 4 is 5.78 Å². The first-order chi connectivity index (χ1) is 9.60. The summed E-state index contributed by atoms with van der Waals surface area (Å²) >= 11 is 0. The summed E-state index contributed by atoms with van der Waals surface area (Å²) in [6.07, 6.45) is 2.22. The molecule has 0 atom stereocenters. The first kappa shape index (κ1) is 14.3. The molecule has 4 nitrogen and oxygen atoms in total. The number of ether oxygens (including phenoxy) is 1. The Labute approximate surface area is 119 Å². The number of Topliss-reactive ketones (excluding diaryl/α,β-unsaturated/α-hetero) is 1. The Morgan fingerprint density at radius 3 is 2.80 bits per heavy atom. The summed E-state index contributed by atoms with van der Waals surface area (Å²) in [5.74, 6) is 0.784. The van der Waals surface area contributed by atoms with Gasteiger partial charge in [0.2, 0.25) is 0 Å². The van der Waals surface area contributed by atoms with Crippen molar-refractivity contribution in [2.24, 2.45) is 0 Å². The molecule has 1 heterocycles. The van der Waals surface area contributed by atoms with Gasteiger partial charge in [-0.25, -0.2) is 0 Å². The zero-order valence-corrected chi connectivity index (χ0v) is 12.2. The van der Waals surface area contributed by atoms with Gasteiger partial charge in [0.1, 0.15) is 5.75 Å². The SMILES string of the molecule is CCOc1cccc(C(=O)Cc2ccn(C(C)C)n2)c1. The molecule has 0 radical (unpaired) electrons. The molecule has 20 heavy (non-hydrogen) atoms. The van der Waals surface area contributed by atoms with Crippen molar-refractivity contribution in [2.75, 3.05) is 6.61 Å². The van der Waals surface area contributed by atoms with E-state index >= 15 is 0 Å². The summed E-state index contributed by atoms with van der Waals surface area (Å²) < 4.78 is 7.27. The highest BCUT2D eigenvalue weighted by Crippen LogP contribution is 2.15. The molecule has 0 aliphatic carbocycles. The number of rotatable bonds is 6. The van der Waals surface area contributed by atoms with Crippen molar-refractivity contribution in [1.29, 1.82) is 0 Å². The van der Waals surface area contributed by atoms with Gasteiger partial charge in [-0.3, -0.25) is 9.48 Å². The quantitative estimate of drug-likeness (QED) is 0.758. The van der Waals surface area contributed by atoms with Gasteiger partial charge in [0.25, 0.3) is 0 Å². The first-order valence-electron chi connectivity index (χ1n) is 6.90. The lowest BCUT2D eigenvalue weighted by molar-refractivity contribution is 0.0991. The van der Waals surface area contributed by atoms with Gasteiger partial charge < -0.3 is 4.74 Å². The lowest BCUT2D eigenvalue weighted by atomic mass is 10.1. The highest BCUT2D eigenvalue weighted by atomic mass is 16.5. The van der Waals surface area contributed by atoms with E-state index in [1.807, 2.05) is 42.1 Å². The minimum atomic E-state index is 0.0561. The molecule has 4 heteroatoms. The molecular formula is C16H20N2O2. The van der Waals surface area contributed by atoms with Gasteiger partial charge in [0.05, 0.1) is 18.7 Å². The molecule has 0 saturated carbocycles. The molecule has 0 spiro atoms. The van der Waals surface area contributed by atoms with Crippen LogP contribution in [-0.4, -0.2) is 22.2 Å². The summed E-state index contributed by atoms with van der Waals surface area (Å²) in [5, 5.41) is 4.40. The summed E-state index contributed by atoms with van der Waals surface area (Å²) in [6.45, 7) is 6.64. The predicted octanol–water partition coefficient (Wildman–Crippen LogP) is 3.29. The Morgan fingerprint density at radius 1 is 1.35 bits per heavy atom. The van der Waals surface area contributed by atoms with Gasteiger partial charge in [-0.05, 0) is 39.0 Å². The average molecular weight is 272 g/mol. The van der Waals surface area contributed by atoms with Crippen LogP contribution in [0.25, 0.3) is 0 Å². The van der Waals surface area contributed by atoms with Crippen LogP contribution in [0.1, 0.15) is 42.9 Å². The highest BCUT2D eigenvalue weighted by molar-refractivity contribution is 5.97. The molecule has 0 saturated heterocycles. The van der Waals surface area contributed by atoms with E-state index in [9.17, 15) is 4.79 Å². The highest BCUT2D eigenvalue weighted by Gasteiger charge is 2.11. The van der Waals surface area contributed by atoms with E-state index in [1.165, 1.54) is 0 Å². The zero-order chi connectivity index (χ0) is 14.5. The van der Waals surface area contributed by atoms with E-state index in [0.29, 0.717) is 24.6 Å². The fourth-order valence-corrected chi connectivity index (χ4v) is 1.95. The maximum Gasteiger partial charge on any atom is 0.169 e. The lowest BCUT2D eigenvalue weighted by Crippen LogP contribution is -2.07. The second kappa shape index (κ2) is 6.37. The minimum absolute atomic E-state index is 0.0561. The van der Waals surface area contributed by atoms with E-state index in [4.69, 9.17) is 4.74 Å². The Kier molecular flexibility index (Phi) is 4.56. The smallest absolute Gasteiger partial charge is 0.169 e. The van der Waals surface area contributed by atoms with E-state index < -0.39 is 0 Å². The second-order valence-electron chi connectivity index (χ2n) is 4.94. The molecule has 1 aromatic heterocycles. The Bertz CT molecular complexity index is 588. The van der Waals surface area contributed by atoms with Crippen LogP contribution < -0.4 is 4.74 Å². The van der Waals surface area contributed by atoms with Crippen LogP contribution in [0, 0.1) is 0 Å². The van der Waals surface area contributed by atoms with E-state index in [1.54, 1.807) is 6.07 Å². The van der Waals surface area contributed by atoms with Crippen molar-refractivity contribution in [3.8, 4) is 5.75 Å². The zero-order valence-electron chi connectivity index (χ0n) is 12.2. The van der Waals surface area contributed by atoms with Crippen LogP contribution in [-0.2, 0) is 6.42 Å². The number of hydrogen-bond donors (Lipinski definition) is 0. The molecule has 106 valence electrons. The molecule has 1 aromatic carbocycles. The summed E-state index contributed by atoms with van der Waals surface area (Å²) in [5.41, 5.74) is 1.46. The molecule has 0 aliphatic heterocycles. The van der Waals surface area contributed by atoms with Crippen LogP contribution in [0.2, 0.25) is 0 Å². The molecule has 0 aliphatic rings. The van der Waals surface area contributed by atoms with Crippen molar-refractivity contribution in [3.05, 3.63) is 47.8 Å². The Hall–Kier alpha value is -2.10. The Morgan fingerprint density at radius 2 is 2.15 bits per heavy atom. The lowest BCUT2D eigenvalue weighted by Gasteiger charge is -2.05. The van der Waals surface area contributed by atoms with Crippen molar-refractivity contribution in [3.63, 3.8) is 0 Å². The van der Waals surface area contributed by atoms with Crippen LogP contribution in [0.5, 0.6) is 5.75 Å². The standard InChI is InChI=1S/C16H20N2O2/c1-4-20-15-7-5-6-13(10-15)16(19)11-14-8-9-18(17-14)12(2)3/h5-10,12H,4,11H2,1-3H3. The molecule has 0 amide bonds. The van der Waals surface area contributed by atoms with E-state index in [2.05, 4.69) is 18.9 Å². The maximum atomic E-state index is 12.2. The molecule has 0 unspecified atom stereocenters. The van der Waals surface area contributed by atoms with Crippen molar-refractivity contribution in [2.45, 2.75) is 33.2 Å². The summed E-state index contributed by atoms with van der Waals surface area (Å²) in [6, 6.07) is 9.48. The van der Waals surface area contributed by atoms with Gasteiger partial charge in [0.15, 0.2) is 5.78 Å². The van der Waals surface area contributed by atoms with Crippen LogP contribution in [0.15, 0.2) is 36.5 Å². The number of benzene rings is 1. The van der Waals surface area contributed by atoms with Gasteiger partial charge in [-0.2, -0.15) is 5.10 Å². The minimum Gasteiger partial charge on any atom is -0.494 e. The monoisotopic (exact) mass is 272 g/mol. The molecule has 0 bridgehead atoms. The number of carbonyl (C=O) groups excluding carboxylic acids is 1. The van der Waals surface area contributed by atoms with Gasteiger partial charge in [0, 0.05) is 17.8 Å². The van der Waals surface area contributed by atoms with Gasteiger partial charge >= 0.3 is 0 Å². The Balaban J connectivity index is 2.09. The molecule has 2 rings (SSSR count). The number of ketones is 1. The first-order valence-corrected chi connectivity index (χ1v) is 6.90. The number of nitrogens with zero attached hydrogens (tertiary/aromatic N) is 2. The van der Waals surface area contributed by atoms with Crippen LogP contribution in [0.3, 0.4) is 0 Å². The fourth-order valence-electron chi connectivity index (χ4n) is 1.95. The van der Waals surface area contributed by atoms with Gasteiger partial charge in [-0.1, -0.05) is 12.1 Å². The topological polar surface area (TPSA) is 44.1 Å². The second-order valence-corrected chi connectivity index (χ2v) is 4.94. The van der Waals surface area contributed by atoms with E-state index in [0.717, 1.165) is 11.4 Å². The predicted molar refractivity (Wildman–Crippen MR) is 78.3 cm³/mol. The number of aromatic nitrogens is 2. The number of hydrogen-bond acceptors (Lipinski definition) is 3. The third-order valence-corrected chi connectivity index (χ3v) is 3.00. The fraction of sp³-hybridized carbons (Fsp3) is 0.375. The normalized spacial score (nSPS) is 10.8. The number of carbonyl (C=O) groups is 1. The third-order valence-electron chi connectivity index (χ3n) is 3.00. The largest absolute Gasteiger partial charge is 0.494 e. The third kappa shape index (κ3) is 3.47. The molecular weight excluding hydrogens is 252 g/mol. The van der Waals surface area contributed by atoms with Crippen LogP contribution in [0.4, 0.5) is 0 Å². The van der Waals surface area contributed by atoms with Gasteiger partial charge in [-0.15, -0.1) is 0 Å². The van der Waals surface area contributed by atoms with Crippen molar-refractivity contribution in [1.82, 2.24) is 9.78 Å². The van der Waals surface area contributed by atoms with Crippen molar-refractivity contribution < 1.29 is 9.53 Å². The van der Waals surface area contributed by atoms with E-state index in [-0.39, 0.29) is 5.78 Å². The summed E-state index contributed by atoms with van der Waals surface area (Å²) in [7, 11) is 0.